The van der Waals surface area contributed by atoms with Crippen molar-refractivity contribution in [3.05, 3.63) is 71.5 Å². The summed E-state index contributed by atoms with van der Waals surface area (Å²) in [7, 11) is 0. The van der Waals surface area contributed by atoms with Crippen LogP contribution in [0, 0.1) is 5.82 Å². The second-order valence-corrected chi connectivity index (χ2v) is 6.82. The van der Waals surface area contributed by atoms with Gasteiger partial charge in [-0.25, -0.2) is 4.39 Å². The summed E-state index contributed by atoms with van der Waals surface area (Å²) < 4.78 is 18.5. The molecule has 0 spiro atoms. The van der Waals surface area contributed by atoms with Gasteiger partial charge in [0.05, 0.1) is 0 Å². The molecule has 5 nitrogen and oxygen atoms in total. The molecule has 1 atom stereocenters. The van der Waals surface area contributed by atoms with Crippen molar-refractivity contribution >= 4 is 11.8 Å². The number of nitrogens with one attached hydrogen (secondary N) is 1. The number of carbonyl (C=O) groups excluding carboxylic acids is 2. The highest BCUT2D eigenvalue weighted by Crippen LogP contribution is 2.15. The highest BCUT2D eigenvalue weighted by atomic mass is 19.1. The van der Waals surface area contributed by atoms with Crippen LogP contribution in [0.15, 0.2) is 54.6 Å². The van der Waals surface area contributed by atoms with Gasteiger partial charge in [0.15, 0.2) is 0 Å². The molecule has 2 aromatic rings. The third-order valence-corrected chi connectivity index (χ3v) is 4.59. The molecular weight excluding hydrogens is 371 g/mol. The van der Waals surface area contributed by atoms with E-state index in [9.17, 15) is 14.0 Å². The minimum Gasteiger partial charge on any atom is -0.382 e. The van der Waals surface area contributed by atoms with E-state index in [0.29, 0.717) is 32.6 Å². The van der Waals surface area contributed by atoms with Crippen molar-refractivity contribution in [1.29, 1.82) is 0 Å². The Morgan fingerprint density at radius 2 is 1.76 bits per heavy atom. The number of rotatable bonds is 11. The lowest BCUT2D eigenvalue weighted by atomic mass is 10.0. The largest absolute Gasteiger partial charge is 0.382 e. The Hall–Kier alpha value is -2.73. The van der Waals surface area contributed by atoms with Crippen LogP contribution in [-0.4, -0.2) is 42.5 Å². The molecule has 0 aliphatic carbocycles. The maximum absolute atomic E-state index is 13.2. The Morgan fingerprint density at radius 1 is 1.07 bits per heavy atom. The molecular formula is C23H29FN2O3. The van der Waals surface area contributed by atoms with Crippen LogP contribution in [0.2, 0.25) is 0 Å². The summed E-state index contributed by atoms with van der Waals surface area (Å²) in [5, 5.41) is 2.92. The molecule has 1 unspecified atom stereocenters. The lowest BCUT2D eigenvalue weighted by Gasteiger charge is -2.30. The lowest BCUT2D eigenvalue weighted by Crippen LogP contribution is -2.50. The number of amides is 2. The molecule has 29 heavy (non-hydrogen) atoms. The minimum absolute atomic E-state index is 0.206. The normalized spacial score (nSPS) is 11.7. The van der Waals surface area contributed by atoms with Crippen LogP contribution in [0.25, 0.3) is 0 Å². The first-order chi connectivity index (χ1) is 14.0. The van der Waals surface area contributed by atoms with Gasteiger partial charge in [0.25, 0.3) is 0 Å². The summed E-state index contributed by atoms with van der Waals surface area (Å²) in [6.45, 7) is 5.30. The molecule has 6 heteroatoms. The molecule has 0 heterocycles. The molecule has 2 rings (SSSR count). The van der Waals surface area contributed by atoms with Crippen molar-refractivity contribution in [2.24, 2.45) is 0 Å². The van der Waals surface area contributed by atoms with Gasteiger partial charge in [0.2, 0.25) is 11.8 Å². The zero-order chi connectivity index (χ0) is 21.1. The fourth-order valence-electron chi connectivity index (χ4n) is 3.06. The van der Waals surface area contributed by atoms with E-state index in [0.717, 1.165) is 11.1 Å². The van der Waals surface area contributed by atoms with Crippen LogP contribution in [0.1, 0.15) is 31.4 Å². The number of halogens is 1. The summed E-state index contributed by atoms with van der Waals surface area (Å²) in [5.74, 6) is -0.751. The van der Waals surface area contributed by atoms with Crippen LogP contribution in [0.3, 0.4) is 0 Å². The van der Waals surface area contributed by atoms with Crippen LogP contribution in [0.4, 0.5) is 4.39 Å². The summed E-state index contributed by atoms with van der Waals surface area (Å²) in [5.41, 5.74) is 1.73. The second-order valence-electron chi connectivity index (χ2n) is 6.82. The SMILES string of the molecule is CCOCCCNC(=O)C(Cc1ccccc1)N(Cc1ccc(F)cc1)C(C)=O. The molecule has 2 aromatic carbocycles. The Bertz CT molecular complexity index is 765. The average Bonchev–Trinajstić information content (AvgIpc) is 2.72. The lowest BCUT2D eigenvalue weighted by molar-refractivity contribution is -0.139. The molecule has 0 saturated carbocycles. The molecule has 0 aliphatic heterocycles. The first kappa shape index (κ1) is 22.6. The van der Waals surface area contributed by atoms with Crippen molar-refractivity contribution in [2.75, 3.05) is 19.8 Å². The van der Waals surface area contributed by atoms with Crippen molar-refractivity contribution in [2.45, 2.75) is 39.3 Å². The maximum Gasteiger partial charge on any atom is 0.243 e. The van der Waals surface area contributed by atoms with Gasteiger partial charge in [-0.1, -0.05) is 42.5 Å². The van der Waals surface area contributed by atoms with E-state index in [-0.39, 0.29) is 24.2 Å². The summed E-state index contributed by atoms with van der Waals surface area (Å²) in [4.78, 5) is 26.9. The van der Waals surface area contributed by atoms with Crippen molar-refractivity contribution < 1.29 is 18.7 Å². The van der Waals surface area contributed by atoms with E-state index < -0.39 is 6.04 Å². The number of nitrogens with zero attached hydrogens (tertiary/aromatic N) is 1. The van der Waals surface area contributed by atoms with Crippen LogP contribution in [-0.2, 0) is 27.3 Å². The molecule has 1 N–H and O–H groups in total. The molecule has 0 aliphatic rings. The number of ether oxygens (including phenoxy) is 1. The average molecular weight is 400 g/mol. The number of hydrogen-bond donors (Lipinski definition) is 1. The van der Waals surface area contributed by atoms with Gasteiger partial charge in [0.1, 0.15) is 11.9 Å². The van der Waals surface area contributed by atoms with Gasteiger partial charge in [-0.05, 0) is 36.6 Å². The van der Waals surface area contributed by atoms with Crippen molar-refractivity contribution in [3.8, 4) is 0 Å². The zero-order valence-electron chi connectivity index (χ0n) is 17.1. The van der Waals surface area contributed by atoms with Crippen molar-refractivity contribution in [3.63, 3.8) is 0 Å². The van der Waals surface area contributed by atoms with Crippen LogP contribution in [0.5, 0.6) is 0 Å². The Morgan fingerprint density at radius 3 is 2.38 bits per heavy atom. The van der Waals surface area contributed by atoms with E-state index in [1.807, 2.05) is 37.3 Å². The molecule has 0 radical (unpaired) electrons. The Balaban J connectivity index is 2.16. The van der Waals surface area contributed by atoms with Crippen molar-refractivity contribution in [1.82, 2.24) is 10.2 Å². The highest BCUT2D eigenvalue weighted by molar-refractivity contribution is 5.87. The number of hydrogen-bond acceptors (Lipinski definition) is 3. The van der Waals surface area contributed by atoms with Crippen LogP contribution >= 0.6 is 0 Å². The van der Waals surface area contributed by atoms with Gasteiger partial charge in [-0.3, -0.25) is 9.59 Å². The van der Waals surface area contributed by atoms with Crippen LogP contribution < -0.4 is 5.32 Å². The second kappa shape index (κ2) is 12.0. The molecule has 0 aromatic heterocycles. The summed E-state index contributed by atoms with van der Waals surface area (Å²) in [6, 6.07) is 14.9. The van der Waals surface area contributed by atoms with E-state index >= 15 is 0 Å². The van der Waals surface area contributed by atoms with E-state index in [2.05, 4.69) is 5.32 Å². The monoisotopic (exact) mass is 400 g/mol. The topological polar surface area (TPSA) is 58.6 Å². The first-order valence-corrected chi connectivity index (χ1v) is 9.92. The fourth-order valence-corrected chi connectivity index (χ4v) is 3.06. The molecule has 2 amide bonds. The number of carbonyl (C=O) groups is 2. The zero-order valence-corrected chi connectivity index (χ0v) is 17.1. The highest BCUT2D eigenvalue weighted by Gasteiger charge is 2.28. The molecule has 0 saturated heterocycles. The van der Waals surface area contributed by atoms with Gasteiger partial charge in [-0.15, -0.1) is 0 Å². The maximum atomic E-state index is 13.2. The molecule has 156 valence electrons. The van der Waals surface area contributed by atoms with Gasteiger partial charge < -0.3 is 15.0 Å². The Labute approximate surface area is 171 Å². The summed E-state index contributed by atoms with van der Waals surface area (Å²) >= 11 is 0. The third-order valence-electron chi connectivity index (χ3n) is 4.59. The third kappa shape index (κ3) is 7.66. The Kier molecular flexibility index (Phi) is 9.31. The first-order valence-electron chi connectivity index (χ1n) is 9.92. The van der Waals surface area contributed by atoms with Gasteiger partial charge >= 0.3 is 0 Å². The molecule has 0 fully saturated rings. The smallest absolute Gasteiger partial charge is 0.243 e. The minimum atomic E-state index is -0.660. The summed E-state index contributed by atoms with van der Waals surface area (Å²) in [6.07, 6.45) is 1.11. The number of benzene rings is 2. The predicted octanol–water partition coefficient (Wildman–Crippen LogP) is 3.33. The van der Waals surface area contributed by atoms with Gasteiger partial charge in [0, 0.05) is 39.6 Å². The van der Waals surface area contributed by atoms with E-state index in [4.69, 9.17) is 4.74 Å². The quantitative estimate of drug-likeness (QED) is 0.589. The molecule has 0 bridgehead atoms. The fraction of sp³-hybridized carbons (Fsp3) is 0.391. The van der Waals surface area contributed by atoms with Gasteiger partial charge in [-0.2, -0.15) is 0 Å². The van der Waals surface area contributed by atoms with E-state index in [1.54, 1.807) is 12.1 Å². The van der Waals surface area contributed by atoms with E-state index in [1.165, 1.54) is 24.0 Å². The standard InChI is InChI=1S/C23H29FN2O3/c1-3-29-15-7-14-25-23(28)22(16-19-8-5-4-6-9-19)26(18(2)27)17-20-10-12-21(24)13-11-20/h4-6,8-13,22H,3,7,14-17H2,1-2H3,(H,25,28). The predicted molar refractivity (Wildman–Crippen MR) is 111 cm³/mol.